The maximum atomic E-state index is 11.9. The molecule has 0 aliphatic rings. The van der Waals surface area contributed by atoms with Gasteiger partial charge in [-0.25, -0.2) is 0 Å². The second kappa shape index (κ2) is 8.89. The molecule has 0 saturated carbocycles. The van der Waals surface area contributed by atoms with Crippen LogP contribution in [0.15, 0.2) is 10.6 Å². The zero-order valence-electron chi connectivity index (χ0n) is 12.1. The van der Waals surface area contributed by atoms with E-state index in [-0.39, 0.29) is 12.5 Å². The van der Waals surface area contributed by atoms with Gasteiger partial charge in [0.2, 0.25) is 5.91 Å². The van der Waals surface area contributed by atoms with Crippen molar-refractivity contribution in [2.45, 2.75) is 37.9 Å². The number of rotatable bonds is 8. The normalized spacial score (nSPS) is 10.7. The van der Waals surface area contributed by atoms with Crippen LogP contribution >= 0.6 is 23.2 Å². The van der Waals surface area contributed by atoms with E-state index in [4.69, 9.17) is 27.7 Å². The molecule has 0 aliphatic heterocycles. The van der Waals surface area contributed by atoms with E-state index in [0.717, 1.165) is 19.3 Å². The molecule has 0 radical (unpaired) electrons. The first-order valence-corrected chi connectivity index (χ1v) is 7.61. The molecule has 1 rings (SSSR count). The quantitative estimate of drug-likeness (QED) is 0.585. The molecule has 1 aromatic heterocycles. The molecule has 0 saturated heterocycles. The van der Waals surface area contributed by atoms with Crippen molar-refractivity contribution in [3.63, 3.8) is 0 Å². The van der Waals surface area contributed by atoms with Crippen LogP contribution in [0.25, 0.3) is 0 Å². The summed E-state index contributed by atoms with van der Waals surface area (Å²) < 4.78 is 4.85. The number of nitrogens with zero attached hydrogens (tertiary/aromatic N) is 2. The maximum absolute atomic E-state index is 11.9. The molecular formula is C13H19Cl2N3O3. The van der Waals surface area contributed by atoms with Gasteiger partial charge >= 0.3 is 0 Å². The third kappa shape index (κ3) is 6.35. The zero-order valence-corrected chi connectivity index (χ0v) is 13.6. The Morgan fingerprint density at radius 1 is 1.43 bits per heavy atom. The summed E-state index contributed by atoms with van der Waals surface area (Å²) in [5, 5.41) is 6.21. The van der Waals surface area contributed by atoms with Crippen LogP contribution < -0.4 is 5.32 Å². The number of amides is 2. The van der Waals surface area contributed by atoms with Crippen molar-refractivity contribution in [2.75, 3.05) is 18.4 Å². The minimum Gasteiger partial charge on any atom is -0.360 e. The molecule has 118 valence electrons. The Morgan fingerprint density at radius 2 is 2.14 bits per heavy atom. The standard InChI is InChI=1S/C13H19Cl2N3O3/c1-3-4-5-6-18(13(20)12(14)15)8-11(19)16-10-7-9(2)21-17-10/h7,12H,3-6,8H2,1-2H3,(H,16,17,19). The number of nitrogens with one attached hydrogen (secondary N) is 1. The van der Waals surface area contributed by atoms with Gasteiger partial charge in [-0.1, -0.05) is 48.1 Å². The van der Waals surface area contributed by atoms with Gasteiger partial charge in [0.25, 0.3) is 5.91 Å². The van der Waals surface area contributed by atoms with Crippen LogP contribution in [0.3, 0.4) is 0 Å². The minimum absolute atomic E-state index is 0.121. The number of aromatic nitrogens is 1. The van der Waals surface area contributed by atoms with E-state index in [9.17, 15) is 9.59 Å². The number of alkyl halides is 2. The van der Waals surface area contributed by atoms with E-state index >= 15 is 0 Å². The number of hydrogen-bond acceptors (Lipinski definition) is 4. The Kier molecular flexibility index (Phi) is 7.53. The van der Waals surface area contributed by atoms with Crippen molar-refractivity contribution in [3.05, 3.63) is 11.8 Å². The molecule has 6 nitrogen and oxygen atoms in total. The van der Waals surface area contributed by atoms with Gasteiger partial charge in [0, 0.05) is 12.6 Å². The lowest BCUT2D eigenvalue weighted by Gasteiger charge is -2.22. The van der Waals surface area contributed by atoms with Gasteiger partial charge in [0.1, 0.15) is 5.76 Å². The number of aryl methyl sites for hydroxylation is 1. The molecule has 1 heterocycles. The third-order valence-corrected chi connectivity index (χ3v) is 3.13. The van der Waals surface area contributed by atoms with Gasteiger partial charge in [-0.15, -0.1) is 0 Å². The fraction of sp³-hybridized carbons (Fsp3) is 0.615. The van der Waals surface area contributed by atoms with Gasteiger partial charge < -0.3 is 14.7 Å². The Morgan fingerprint density at radius 3 is 2.67 bits per heavy atom. The van der Waals surface area contributed by atoms with E-state index in [0.29, 0.717) is 18.1 Å². The fourth-order valence-corrected chi connectivity index (χ4v) is 2.01. The first-order valence-electron chi connectivity index (χ1n) is 6.74. The van der Waals surface area contributed by atoms with Crippen molar-refractivity contribution < 1.29 is 14.1 Å². The maximum Gasteiger partial charge on any atom is 0.256 e. The number of halogens is 2. The average molecular weight is 336 g/mol. The number of carbonyl (C=O) groups is 2. The lowest BCUT2D eigenvalue weighted by atomic mass is 10.2. The Bertz CT molecular complexity index is 477. The summed E-state index contributed by atoms with van der Waals surface area (Å²) >= 11 is 11.2. The van der Waals surface area contributed by atoms with Gasteiger partial charge in [-0.05, 0) is 13.3 Å². The van der Waals surface area contributed by atoms with Gasteiger partial charge in [0.15, 0.2) is 10.7 Å². The van der Waals surface area contributed by atoms with Gasteiger partial charge in [-0.3, -0.25) is 9.59 Å². The van der Waals surface area contributed by atoms with Crippen molar-refractivity contribution in [1.82, 2.24) is 10.1 Å². The van der Waals surface area contributed by atoms with Crippen LogP contribution in [0.1, 0.15) is 31.9 Å². The van der Waals surface area contributed by atoms with E-state index in [1.165, 1.54) is 4.90 Å². The highest BCUT2D eigenvalue weighted by atomic mass is 35.5. The second-order valence-electron chi connectivity index (χ2n) is 4.64. The zero-order chi connectivity index (χ0) is 15.8. The lowest BCUT2D eigenvalue weighted by molar-refractivity contribution is -0.133. The number of carbonyl (C=O) groups excluding carboxylic acids is 2. The average Bonchev–Trinajstić information content (AvgIpc) is 2.82. The summed E-state index contributed by atoms with van der Waals surface area (Å²) in [5.74, 6) is 0.0533. The minimum atomic E-state index is -1.17. The van der Waals surface area contributed by atoms with Crippen LogP contribution in [0.5, 0.6) is 0 Å². The summed E-state index contributed by atoms with van der Waals surface area (Å²) in [6.45, 7) is 4.09. The number of hydrogen-bond donors (Lipinski definition) is 1. The monoisotopic (exact) mass is 335 g/mol. The molecule has 1 aromatic rings. The first-order chi connectivity index (χ1) is 9.93. The van der Waals surface area contributed by atoms with Gasteiger partial charge in [-0.2, -0.15) is 0 Å². The number of anilines is 1. The van der Waals surface area contributed by atoms with E-state index in [2.05, 4.69) is 17.4 Å². The van der Waals surface area contributed by atoms with E-state index < -0.39 is 10.7 Å². The highest BCUT2D eigenvalue weighted by Gasteiger charge is 2.22. The molecule has 8 heteroatoms. The fourth-order valence-electron chi connectivity index (χ4n) is 1.74. The van der Waals surface area contributed by atoms with Crippen molar-refractivity contribution in [2.24, 2.45) is 0 Å². The summed E-state index contributed by atoms with van der Waals surface area (Å²) in [4.78, 5) is 24.0. The molecular weight excluding hydrogens is 317 g/mol. The molecule has 2 amide bonds. The van der Waals surface area contributed by atoms with Crippen LogP contribution in [0, 0.1) is 6.92 Å². The topological polar surface area (TPSA) is 75.4 Å². The predicted octanol–water partition coefficient (Wildman–Crippen LogP) is 2.74. The molecule has 0 spiro atoms. The third-order valence-electron chi connectivity index (χ3n) is 2.76. The van der Waals surface area contributed by atoms with Crippen molar-refractivity contribution in [3.8, 4) is 0 Å². The van der Waals surface area contributed by atoms with Crippen molar-refractivity contribution in [1.29, 1.82) is 0 Å². The SMILES string of the molecule is CCCCCN(CC(=O)Nc1cc(C)on1)C(=O)C(Cl)Cl. The summed E-state index contributed by atoms with van der Waals surface area (Å²) in [6.07, 6.45) is 2.76. The first kappa shape index (κ1) is 17.8. The molecule has 0 unspecified atom stereocenters. The van der Waals surface area contributed by atoms with E-state index in [1.54, 1.807) is 13.0 Å². The molecule has 1 N–H and O–H groups in total. The molecule has 0 aliphatic carbocycles. The van der Waals surface area contributed by atoms with Crippen LogP contribution in [0.4, 0.5) is 5.82 Å². The Balaban J connectivity index is 2.57. The Hall–Kier alpha value is -1.27. The van der Waals surface area contributed by atoms with E-state index in [1.807, 2.05) is 0 Å². The van der Waals surface area contributed by atoms with Crippen molar-refractivity contribution >= 4 is 40.8 Å². The highest BCUT2D eigenvalue weighted by Crippen LogP contribution is 2.10. The molecule has 0 bridgehead atoms. The van der Waals surface area contributed by atoms with Crippen LogP contribution in [-0.2, 0) is 9.59 Å². The summed E-state index contributed by atoms with van der Waals surface area (Å²) in [7, 11) is 0. The van der Waals surface area contributed by atoms with Crippen LogP contribution in [0.2, 0.25) is 0 Å². The molecule has 21 heavy (non-hydrogen) atoms. The van der Waals surface area contributed by atoms with Crippen LogP contribution in [-0.4, -0.2) is 39.8 Å². The van der Waals surface area contributed by atoms with Gasteiger partial charge in [0.05, 0.1) is 6.54 Å². The number of unbranched alkanes of at least 4 members (excludes halogenated alkanes) is 2. The molecule has 0 fully saturated rings. The highest BCUT2D eigenvalue weighted by molar-refractivity contribution is 6.53. The molecule has 0 aromatic carbocycles. The summed E-state index contributed by atoms with van der Waals surface area (Å²) in [6, 6.07) is 1.59. The second-order valence-corrected chi connectivity index (χ2v) is 5.73. The predicted molar refractivity (Wildman–Crippen MR) is 81.5 cm³/mol. The molecule has 0 atom stereocenters. The lowest BCUT2D eigenvalue weighted by Crippen LogP contribution is -2.41. The summed E-state index contributed by atoms with van der Waals surface area (Å²) in [5.41, 5.74) is 0. The Labute approximate surface area is 133 Å². The smallest absolute Gasteiger partial charge is 0.256 e. The largest absolute Gasteiger partial charge is 0.360 e.